The molecule has 1 rings (SSSR count). The Bertz CT molecular complexity index is 440. The summed E-state index contributed by atoms with van der Waals surface area (Å²) in [6, 6.07) is 7.96. The molecule has 0 heterocycles. The Morgan fingerprint density at radius 2 is 1.93 bits per heavy atom. The van der Waals surface area contributed by atoms with Crippen LogP contribution in [-0.4, -0.2) is 12.8 Å². The molecule has 0 unspecified atom stereocenters. The van der Waals surface area contributed by atoms with Crippen LogP contribution < -0.4 is 15.8 Å². The molecule has 0 amide bonds. The lowest BCUT2D eigenvalue weighted by Crippen LogP contribution is -2.29. The molecule has 0 aromatic heterocycles. The highest BCUT2D eigenvalue weighted by Crippen LogP contribution is 1.88. The number of hydrogen-bond donors (Lipinski definition) is 1. The van der Waals surface area contributed by atoms with Gasteiger partial charge in [0.25, 0.3) is 0 Å². The van der Waals surface area contributed by atoms with Gasteiger partial charge in [0, 0.05) is 18.0 Å². The first-order chi connectivity index (χ1) is 6.65. The molecule has 14 heavy (non-hydrogen) atoms. The number of nitrogens with zero attached hydrogens (tertiary/aromatic N) is 1. The maximum absolute atomic E-state index is 4.41. The van der Waals surface area contributed by atoms with Gasteiger partial charge in [-0.1, -0.05) is 30.8 Å². The van der Waals surface area contributed by atoms with Crippen molar-refractivity contribution in [1.82, 2.24) is 5.32 Å². The molecule has 2 heteroatoms. The normalized spacial score (nSPS) is 11.9. The van der Waals surface area contributed by atoms with Crippen molar-refractivity contribution in [3.8, 4) is 0 Å². The van der Waals surface area contributed by atoms with Gasteiger partial charge in [0.1, 0.15) is 5.82 Å². The van der Waals surface area contributed by atoms with E-state index >= 15 is 0 Å². The first-order valence-electron chi connectivity index (χ1n) is 4.63. The van der Waals surface area contributed by atoms with Gasteiger partial charge in [-0.3, -0.25) is 0 Å². The third kappa shape index (κ3) is 2.46. The number of aliphatic imine (C=N–C) groups is 1. The molecule has 2 nitrogen and oxygen atoms in total. The van der Waals surface area contributed by atoms with Gasteiger partial charge < -0.3 is 5.32 Å². The zero-order valence-electron chi connectivity index (χ0n) is 8.96. The lowest BCUT2D eigenvalue weighted by atomic mass is 10.2. The van der Waals surface area contributed by atoms with Crippen molar-refractivity contribution in [3.05, 3.63) is 34.7 Å². The van der Waals surface area contributed by atoms with Crippen LogP contribution in [0.15, 0.2) is 29.3 Å². The second kappa shape index (κ2) is 4.61. The van der Waals surface area contributed by atoms with Crippen LogP contribution >= 0.6 is 0 Å². The van der Waals surface area contributed by atoms with Crippen LogP contribution in [0.2, 0.25) is 0 Å². The molecule has 0 aliphatic carbocycles. The maximum atomic E-state index is 4.41. The van der Waals surface area contributed by atoms with Crippen LogP contribution in [0.1, 0.15) is 13.8 Å². The average molecular weight is 188 g/mol. The van der Waals surface area contributed by atoms with Crippen molar-refractivity contribution in [3.63, 3.8) is 0 Å². The largest absolute Gasteiger partial charge is 0.373 e. The van der Waals surface area contributed by atoms with Crippen molar-refractivity contribution < 1.29 is 0 Å². The van der Waals surface area contributed by atoms with E-state index in [0.717, 1.165) is 22.0 Å². The molecule has 0 radical (unpaired) electrons. The molecule has 0 saturated carbocycles. The van der Waals surface area contributed by atoms with Gasteiger partial charge in [-0.05, 0) is 19.1 Å². The number of nitrogens with one attached hydrogen (secondary N) is 1. The van der Waals surface area contributed by atoms with E-state index in [2.05, 4.69) is 16.9 Å². The minimum absolute atomic E-state index is 0.871. The summed E-state index contributed by atoms with van der Waals surface area (Å²) in [4.78, 5) is 4.41. The minimum atomic E-state index is 0.871. The fraction of sp³-hybridized carbons (Fsp3) is 0.250. The molecular formula is C12H16N2. The first-order valence-corrected chi connectivity index (χ1v) is 4.63. The molecule has 1 aromatic carbocycles. The SMILES string of the molecule is C=c1cccc/c1=C(/N=C(C)C)NC. The van der Waals surface area contributed by atoms with Crippen LogP contribution in [0, 0.1) is 0 Å². The van der Waals surface area contributed by atoms with Gasteiger partial charge in [0.15, 0.2) is 0 Å². The van der Waals surface area contributed by atoms with Gasteiger partial charge in [-0.15, -0.1) is 0 Å². The molecule has 0 aliphatic rings. The fourth-order valence-corrected chi connectivity index (χ4v) is 1.23. The molecule has 0 bridgehead atoms. The predicted octanol–water partition coefficient (Wildman–Crippen LogP) is 0.863. The Morgan fingerprint density at radius 3 is 2.43 bits per heavy atom. The summed E-state index contributed by atoms with van der Waals surface area (Å²) >= 11 is 0. The van der Waals surface area contributed by atoms with Crippen LogP contribution in [0.3, 0.4) is 0 Å². The van der Waals surface area contributed by atoms with E-state index in [-0.39, 0.29) is 0 Å². The Balaban J connectivity index is 3.47. The van der Waals surface area contributed by atoms with Crippen molar-refractivity contribution in [2.75, 3.05) is 7.05 Å². The third-order valence-corrected chi connectivity index (χ3v) is 1.84. The molecule has 1 aromatic rings. The van der Waals surface area contributed by atoms with Crippen molar-refractivity contribution in [2.24, 2.45) is 4.99 Å². The van der Waals surface area contributed by atoms with Gasteiger partial charge in [-0.25, -0.2) is 4.99 Å². The summed E-state index contributed by atoms with van der Waals surface area (Å²) in [5.74, 6) is 0.871. The van der Waals surface area contributed by atoms with Crippen LogP contribution in [0.5, 0.6) is 0 Å². The minimum Gasteiger partial charge on any atom is -0.373 e. The fourth-order valence-electron chi connectivity index (χ4n) is 1.23. The summed E-state index contributed by atoms with van der Waals surface area (Å²) in [5, 5.41) is 5.12. The average Bonchev–Trinajstić information content (AvgIpc) is 2.15. The monoisotopic (exact) mass is 188 g/mol. The van der Waals surface area contributed by atoms with E-state index in [1.165, 1.54) is 0 Å². The topological polar surface area (TPSA) is 24.4 Å². The van der Waals surface area contributed by atoms with Crippen LogP contribution in [0.25, 0.3) is 12.4 Å². The second-order valence-corrected chi connectivity index (χ2v) is 3.31. The van der Waals surface area contributed by atoms with E-state index in [1.807, 2.05) is 45.2 Å². The van der Waals surface area contributed by atoms with Gasteiger partial charge in [0.2, 0.25) is 0 Å². The second-order valence-electron chi connectivity index (χ2n) is 3.31. The van der Waals surface area contributed by atoms with E-state index in [4.69, 9.17) is 0 Å². The zero-order chi connectivity index (χ0) is 10.6. The molecule has 1 N–H and O–H groups in total. The van der Waals surface area contributed by atoms with Crippen molar-refractivity contribution in [2.45, 2.75) is 13.8 Å². The number of benzene rings is 1. The maximum Gasteiger partial charge on any atom is 0.133 e. The Labute approximate surface area is 84.7 Å². The van der Waals surface area contributed by atoms with Gasteiger partial charge in [0.05, 0.1) is 0 Å². The summed E-state index contributed by atoms with van der Waals surface area (Å²) in [6.07, 6.45) is 0. The summed E-state index contributed by atoms with van der Waals surface area (Å²) < 4.78 is 0. The first kappa shape index (κ1) is 10.5. The Kier molecular flexibility index (Phi) is 3.46. The van der Waals surface area contributed by atoms with Crippen molar-refractivity contribution >= 4 is 18.1 Å². The summed E-state index contributed by atoms with van der Waals surface area (Å²) in [5.41, 5.74) is 1.03. The quantitative estimate of drug-likeness (QED) is 0.684. The molecule has 0 aliphatic heterocycles. The molecule has 0 spiro atoms. The van der Waals surface area contributed by atoms with E-state index in [1.54, 1.807) is 0 Å². The Morgan fingerprint density at radius 1 is 1.29 bits per heavy atom. The molecule has 0 atom stereocenters. The third-order valence-electron chi connectivity index (χ3n) is 1.84. The van der Waals surface area contributed by atoms with Gasteiger partial charge in [-0.2, -0.15) is 0 Å². The highest BCUT2D eigenvalue weighted by atomic mass is 15.0. The Hall–Kier alpha value is -1.57. The zero-order valence-corrected chi connectivity index (χ0v) is 8.96. The number of rotatable bonds is 2. The van der Waals surface area contributed by atoms with Crippen molar-refractivity contribution in [1.29, 1.82) is 0 Å². The van der Waals surface area contributed by atoms with E-state index in [9.17, 15) is 0 Å². The van der Waals surface area contributed by atoms with Gasteiger partial charge >= 0.3 is 0 Å². The molecule has 0 fully saturated rings. The smallest absolute Gasteiger partial charge is 0.133 e. The standard InChI is InChI=1S/C12H16N2/c1-9(2)14-12(13-4)11-8-6-5-7-10(11)3/h5-8,13H,3H2,1-2,4H3/b12-11-. The summed E-state index contributed by atoms with van der Waals surface area (Å²) in [7, 11) is 1.87. The molecule has 74 valence electrons. The van der Waals surface area contributed by atoms with Crippen LogP contribution in [0.4, 0.5) is 0 Å². The van der Waals surface area contributed by atoms with E-state index in [0.29, 0.717) is 0 Å². The lowest BCUT2D eigenvalue weighted by Gasteiger charge is -2.01. The summed E-state index contributed by atoms with van der Waals surface area (Å²) in [6.45, 7) is 7.92. The predicted molar refractivity (Wildman–Crippen MR) is 62.5 cm³/mol. The lowest BCUT2D eigenvalue weighted by molar-refractivity contribution is 1.07. The molecule has 0 saturated heterocycles. The highest BCUT2D eigenvalue weighted by Gasteiger charge is 1.92. The number of hydrogen-bond acceptors (Lipinski definition) is 2. The highest BCUT2D eigenvalue weighted by molar-refractivity contribution is 5.82. The molecular weight excluding hydrogens is 172 g/mol. The van der Waals surface area contributed by atoms with Crippen LogP contribution in [-0.2, 0) is 0 Å². The van der Waals surface area contributed by atoms with E-state index < -0.39 is 0 Å².